The van der Waals surface area contributed by atoms with Gasteiger partial charge >= 0.3 is 0 Å². The SMILES string of the molecule is CCN(Cc1cccc(C)c1)c1ccc(C(=C2C=CC(=[N+](CC)Cc3cccc(C)c3)C=C2)c2cc(C)c(C)cc2S(=O)(=O)[O-])cc1. The van der Waals surface area contributed by atoms with Gasteiger partial charge in [-0.1, -0.05) is 65.7 Å². The highest BCUT2D eigenvalue weighted by Gasteiger charge is 2.21. The van der Waals surface area contributed by atoms with Crippen molar-refractivity contribution in [2.75, 3.05) is 18.0 Å². The van der Waals surface area contributed by atoms with Gasteiger partial charge in [0.25, 0.3) is 0 Å². The quantitative estimate of drug-likeness (QED) is 0.128. The summed E-state index contributed by atoms with van der Waals surface area (Å²) in [4.78, 5) is 2.11. The van der Waals surface area contributed by atoms with Crippen molar-refractivity contribution in [3.05, 3.63) is 159 Å². The third-order valence-electron chi connectivity index (χ3n) is 8.85. The molecule has 1 aliphatic rings. The molecule has 5 rings (SSSR count). The van der Waals surface area contributed by atoms with Crippen molar-refractivity contribution in [1.29, 1.82) is 0 Å². The molecule has 4 aromatic rings. The molecule has 0 aromatic heterocycles. The van der Waals surface area contributed by atoms with Crippen LogP contribution in [-0.4, -0.2) is 36.3 Å². The van der Waals surface area contributed by atoms with E-state index in [2.05, 4.69) is 110 Å². The van der Waals surface area contributed by atoms with Crippen molar-refractivity contribution in [2.24, 2.45) is 0 Å². The van der Waals surface area contributed by atoms with Gasteiger partial charge in [-0.3, -0.25) is 0 Å². The van der Waals surface area contributed by atoms with Crippen molar-refractivity contribution in [2.45, 2.75) is 59.5 Å². The molecule has 4 aromatic carbocycles. The molecule has 5 nitrogen and oxygen atoms in total. The Morgan fingerprint density at radius 3 is 1.91 bits per heavy atom. The van der Waals surface area contributed by atoms with Gasteiger partial charge in [0, 0.05) is 42.1 Å². The summed E-state index contributed by atoms with van der Waals surface area (Å²) in [6.45, 7) is 15.5. The summed E-state index contributed by atoms with van der Waals surface area (Å²) in [5, 5.41) is 0. The van der Waals surface area contributed by atoms with E-state index in [-0.39, 0.29) is 4.90 Å². The van der Waals surface area contributed by atoms with Gasteiger partial charge in [-0.2, -0.15) is 0 Å². The first-order chi connectivity index (χ1) is 22.5. The van der Waals surface area contributed by atoms with Crippen molar-refractivity contribution >= 4 is 27.1 Å². The van der Waals surface area contributed by atoms with E-state index in [1.54, 1.807) is 0 Å². The minimum absolute atomic E-state index is 0.201. The van der Waals surface area contributed by atoms with E-state index in [1.807, 2.05) is 44.2 Å². The summed E-state index contributed by atoms with van der Waals surface area (Å²) in [6, 6.07) is 28.6. The molecule has 0 spiro atoms. The molecule has 0 fully saturated rings. The summed E-state index contributed by atoms with van der Waals surface area (Å²) < 4.78 is 40.3. The topological polar surface area (TPSA) is 63.5 Å². The van der Waals surface area contributed by atoms with Crippen LogP contribution in [0.15, 0.2) is 120 Å². The third-order valence-corrected chi connectivity index (χ3v) is 9.73. The van der Waals surface area contributed by atoms with Crippen molar-refractivity contribution in [3.8, 4) is 0 Å². The largest absolute Gasteiger partial charge is 0.744 e. The van der Waals surface area contributed by atoms with Crippen LogP contribution in [0.3, 0.4) is 0 Å². The molecule has 0 atom stereocenters. The van der Waals surface area contributed by atoms with Crippen molar-refractivity contribution in [1.82, 2.24) is 0 Å². The fourth-order valence-corrected chi connectivity index (χ4v) is 6.93. The molecule has 242 valence electrons. The summed E-state index contributed by atoms with van der Waals surface area (Å²) in [5.41, 5.74) is 11.6. The Balaban J connectivity index is 1.60. The predicted octanol–water partition coefficient (Wildman–Crippen LogP) is 8.45. The van der Waals surface area contributed by atoms with Crippen LogP contribution in [-0.2, 0) is 23.2 Å². The lowest BCUT2D eigenvalue weighted by molar-refractivity contribution is -0.539. The fourth-order valence-electron chi connectivity index (χ4n) is 6.18. The van der Waals surface area contributed by atoms with Gasteiger partial charge in [-0.05, 0) is 117 Å². The Kier molecular flexibility index (Phi) is 10.4. The lowest BCUT2D eigenvalue weighted by Crippen LogP contribution is -2.22. The Morgan fingerprint density at radius 1 is 0.745 bits per heavy atom. The van der Waals surface area contributed by atoms with Gasteiger partial charge in [0.2, 0.25) is 0 Å². The first-order valence-electron chi connectivity index (χ1n) is 16.2. The standard InChI is InChI=1S/C41H44N2O3S/c1-7-42(27-33-13-9-11-29(3)23-33)37-19-15-35(16-20-37)41(39-25-31(5)32(6)26-40(39)47(44,45)46)36-17-21-38(22-18-36)43(8-2)28-34-14-10-12-30(4)24-34/h9-26H,7-8,27-28H2,1-6H3. The fraction of sp³-hybridized carbons (Fsp3) is 0.244. The van der Waals surface area contributed by atoms with Crippen LogP contribution in [0.1, 0.15) is 58.4 Å². The number of aryl methyl sites for hydroxylation is 4. The highest BCUT2D eigenvalue weighted by Crippen LogP contribution is 2.36. The molecule has 0 heterocycles. The zero-order valence-electron chi connectivity index (χ0n) is 28.2. The molecule has 0 saturated carbocycles. The number of allylic oxidation sites excluding steroid dienone is 5. The van der Waals surface area contributed by atoms with E-state index in [0.29, 0.717) is 11.1 Å². The van der Waals surface area contributed by atoms with E-state index in [0.717, 1.165) is 59.8 Å². The van der Waals surface area contributed by atoms with Crippen LogP contribution in [0.5, 0.6) is 0 Å². The lowest BCUT2D eigenvalue weighted by atomic mass is 9.89. The second-order valence-electron chi connectivity index (χ2n) is 12.4. The maximum atomic E-state index is 12.7. The molecule has 47 heavy (non-hydrogen) atoms. The van der Waals surface area contributed by atoms with Crippen LogP contribution in [0.25, 0.3) is 5.57 Å². The molecular formula is C41H44N2O3S. The van der Waals surface area contributed by atoms with Crippen LogP contribution < -0.4 is 4.90 Å². The Morgan fingerprint density at radius 2 is 1.34 bits per heavy atom. The number of rotatable bonds is 10. The second-order valence-corrected chi connectivity index (χ2v) is 13.7. The predicted molar refractivity (Wildman–Crippen MR) is 193 cm³/mol. The molecule has 0 amide bonds. The highest BCUT2D eigenvalue weighted by molar-refractivity contribution is 7.85. The average Bonchev–Trinajstić information content (AvgIpc) is 3.04. The van der Waals surface area contributed by atoms with Crippen LogP contribution in [0.2, 0.25) is 0 Å². The van der Waals surface area contributed by atoms with Crippen molar-refractivity contribution in [3.63, 3.8) is 0 Å². The van der Waals surface area contributed by atoms with Crippen LogP contribution in [0.4, 0.5) is 5.69 Å². The second kappa shape index (κ2) is 14.5. The number of nitrogens with zero attached hydrogens (tertiary/aromatic N) is 2. The van der Waals surface area contributed by atoms with Crippen LogP contribution in [0, 0.1) is 27.7 Å². The number of anilines is 1. The van der Waals surface area contributed by atoms with Crippen LogP contribution >= 0.6 is 0 Å². The summed E-state index contributed by atoms with van der Waals surface area (Å²) in [6.07, 6.45) is 8.22. The third kappa shape index (κ3) is 8.07. The Hall–Kier alpha value is -4.52. The van der Waals surface area contributed by atoms with E-state index in [4.69, 9.17) is 0 Å². The van der Waals surface area contributed by atoms with E-state index >= 15 is 0 Å². The lowest BCUT2D eigenvalue weighted by Gasteiger charge is -2.25. The minimum atomic E-state index is -4.75. The molecule has 1 aliphatic carbocycles. The molecular weight excluding hydrogens is 601 g/mol. The Labute approximate surface area is 280 Å². The Bertz CT molecular complexity index is 2000. The van der Waals surface area contributed by atoms with Gasteiger partial charge < -0.3 is 9.45 Å². The molecule has 0 radical (unpaired) electrons. The van der Waals surface area contributed by atoms with E-state index < -0.39 is 10.1 Å². The zero-order chi connectivity index (χ0) is 33.7. The average molecular weight is 645 g/mol. The summed E-state index contributed by atoms with van der Waals surface area (Å²) in [5.74, 6) is 0. The van der Waals surface area contributed by atoms with E-state index in [1.165, 1.54) is 28.3 Å². The maximum absolute atomic E-state index is 12.7. The smallest absolute Gasteiger partial charge is 0.200 e. The minimum Gasteiger partial charge on any atom is -0.744 e. The zero-order valence-corrected chi connectivity index (χ0v) is 29.1. The molecule has 6 heteroatoms. The van der Waals surface area contributed by atoms with Gasteiger partial charge in [-0.25, -0.2) is 13.0 Å². The van der Waals surface area contributed by atoms with Gasteiger partial charge in [-0.15, -0.1) is 0 Å². The number of benzene rings is 4. The summed E-state index contributed by atoms with van der Waals surface area (Å²) >= 11 is 0. The van der Waals surface area contributed by atoms with Gasteiger partial charge in [0.05, 0.1) is 4.90 Å². The molecule has 0 N–H and O–H groups in total. The first-order valence-corrected chi connectivity index (χ1v) is 17.6. The first kappa shape index (κ1) is 33.8. The van der Waals surface area contributed by atoms with Gasteiger partial charge in [0.15, 0.2) is 12.3 Å². The maximum Gasteiger partial charge on any atom is 0.200 e. The number of hydrogen-bond donors (Lipinski definition) is 0. The molecule has 0 bridgehead atoms. The van der Waals surface area contributed by atoms with E-state index in [9.17, 15) is 13.0 Å². The monoisotopic (exact) mass is 644 g/mol. The van der Waals surface area contributed by atoms with Gasteiger partial charge in [0.1, 0.15) is 16.7 Å². The normalized spacial score (nSPS) is 12.8. The summed E-state index contributed by atoms with van der Waals surface area (Å²) in [7, 11) is -4.75. The number of hydrogen-bond acceptors (Lipinski definition) is 4. The highest BCUT2D eigenvalue weighted by atomic mass is 32.2. The molecule has 0 unspecified atom stereocenters. The van der Waals surface area contributed by atoms with Crippen molar-refractivity contribution < 1.29 is 17.5 Å². The molecule has 0 aliphatic heterocycles. The molecule has 0 saturated heterocycles.